The van der Waals surface area contributed by atoms with Gasteiger partial charge in [-0.2, -0.15) is 0 Å². The molecule has 0 heterocycles. The maximum Gasteiger partial charge on any atom is 0.242 e. The van der Waals surface area contributed by atoms with Crippen LogP contribution in [-0.2, 0) is 21.9 Å². The van der Waals surface area contributed by atoms with Gasteiger partial charge < -0.3 is 10.2 Å². The maximum absolute atomic E-state index is 13.2. The molecule has 1 unspecified atom stereocenters. The predicted molar refractivity (Wildman–Crippen MR) is 122 cm³/mol. The molecule has 1 N–H and O–H groups in total. The molecule has 0 aliphatic heterocycles. The van der Waals surface area contributed by atoms with Gasteiger partial charge in [0.2, 0.25) is 11.8 Å². The highest BCUT2D eigenvalue weighted by Gasteiger charge is 2.26. The Balaban J connectivity index is 2.08. The summed E-state index contributed by atoms with van der Waals surface area (Å²) >= 11 is 1.53. The number of amides is 2. The van der Waals surface area contributed by atoms with Crippen molar-refractivity contribution in [1.82, 2.24) is 10.2 Å². The average Bonchev–Trinajstić information content (AvgIpc) is 2.65. The molecule has 2 aromatic rings. The summed E-state index contributed by atoms with van der Waals surface area (Å²) in [7, 11) is 0. The molecule has 1 atom stereocenters. The second-order valence-corrected chi connectivity index (χ2v) is 8.96. The van der Waals surface area contributed by atoms with Gasteiger partial charge in [-0.25, -0.2) is 4.39 Å². The summed E-state index contributed by atoms with van der Waals surface area (Å²) in [5.41, 5.74) is 4.37. The number of thioether (sulfide) groups is 1. The fourth-order valence-corrected chi connectivity index (χ4v) is 4.11. The molecule has 2 amide bonds. The standard InChI is InChI=1S/C24H31FN2O2S/c1-16(2)26-24(29)19(5)27(13-20-6-8-22(25)9-7-20)23(28)15-30-14-21-11-17(3)10-18(4)12-21/h6-12,16,19H,13-15H2,1-5H3,(H,26,29). The van der Waals surface area contributed by atoms with Crippen LogP contribution < -0.4 is 5.32 Å². The number of nitrogens with one attached hydrogen (secondary N) is 1. The first kappa shape index (κ1) is 23.9. The topological polar surface area (TPSA) is 49.4 Å². The zero-order valence-corrected chi connectivity index (χ0v) is 19.2. The van der Waals surface area contributed by atoms with Crippen LogP contribution >= 0.6 is 11.8 Å². The minimum atomic E-state index is -0.619. The Morgan fingerprint density at radius 3 is 2.17 bits per heavy atom. The Labute approximate surface area is 183 Å². The minimum Gasteiger partial charge on any atom is -0.352 e. The summed E-state index contributed by atoms with van der Waals surface area (Å²) < 4.78 is 13.2. The van der Waals surface area contributed by atoms with Crippen molar-refractivity contribution in [2.75, 3.05) is 5.75 Å². The molecule has 30 heavy (non-hydrogen) atoms. The van der Waals surface area contributed by atoms with E-state index >= 15 is 0 Å². The van der Waals surface area contributed by atoms with Crippen LogP contribution in [0.25, 0.3) is 0 Å². The number of benzene rings is 2. The third-order valence-electron chi connectivity index (χ3n) is 4.64. The smallest absolute Gasteiger partial charge is 0.242 e. The molecule has 0 spiro atoms. The predicted octanol–water partition coefficient (Wildman–Crippen LogP) is 4.62. The highest BCUT2D eigenvalue weighted by Crippen LogP contribution is 2.18. The Morgan fingerprint density at radius 2 is 1.60 bits per heavy atom. The molecular formula is C24H31FN2O2S. The molecule has 0 aliphatic carbocycles. The van der Waals surface area contributed by atoms with Gasteiger partial charge in [0.15, 0.2) is 0 Å². The number of hydrogen-bond donors (Lipinski definition) is 1. The van der Waals surface area contributed by atoms with Crippen molar-refractivity contribution in [3.05, 3.63) is 70.5 Å². The number of rotatable bonds is 9. The largest absolute Gasteiger partial charge is 0.352 e. The first-order valence-corrected chi connectivity index (χ1v) is 11.3. The quantitative estimate of drug-likeness (QED) is 0.632. The lowest BCUT2D eigenvalue weighted by atomic mass is 10.1. The van der Waals surface area contributed by atoms with E-state index in [1.54, 1.807) is 24.0 Å². The average molecular weight is 431 g/mol. The molecular weight excluding hydrogens is 399 g/mol. The number of hydrogen-bond acceptors (Lipinski definition) is 3. The Hall–Kier alpha value is -2.34. The second kappa shape index (κ2) is 11.2. The van der Waals surface area contributed by atoms with E-state index in [0.717, 1.165) is 11.3 Å². The van der Waals surface area contributed by atoms with Crippen LogP contribution in [0.3, 0.4) is 0 Å². The van der Waals surface area contributed by atoms with E-state index in [1.807, 2.05) is 13.8 Å². The van der Waals surface area contributed by atoms with E-state index in [9.17, 15) is 14.0 Å². The molecule has 0 saturated heterocycles. The first-order chi connectivity index (χ1) is 14.2. The second-order valence-electron chi connectivity index (χ2n) is 7.98. The van der Waals surface area contributed by atoms with Crippen LogP contribution in [0.5, 0.6) is 0 Å². The van der Waals surface area contributed by atoms with E-state index in [1.165, 1.54) is 40.6 Å². The molecule has 0 aliphatic rings. The lowest BCUT2D eigenvalue weighted by Gasteiger charge is -2.29. The van der Waals surface area contributed by atoms with Gasteiger partial charge in [-0.05, 0) is 57.9 Å². The molecule has 0 aromatic heterocycles. The van der Waals surface area contributed by atoms with Crippen LogP contribution in [0.4, 0.5) is 4.39 Å². The highest BCUT2D eigenvalue weighted by atomic mass is 32.2. The van der Waals surface area contributed by atoms with Crippen LogP contribution in [0.2, 0.25) is 0 Å². The zero-order valence-electron chi connectivity index (χ0n) is 18.4. The van der Waals surface area contributed by atoms with E-state index in [0.29, 0.717) is 0 Å². The number of halogens is 1. The molecule has 4 nitrogen and oxygen atoms in total. The van der Waals surface area contributed by atoms with Crippen LogP contribution in [0.1, 0.15) is 43.0 Å². The Morgan fingerprint density at radius 1 is 1.00 bits per heavy atom. The van der Waals surface area contributed by atoms with E-state index in [4.69, 9.17) is 0 Å². The minimum absolute atomic E-state index is 0.0124. The van der Waals surface area contributed by atoms with Crippen molar-refractivity contribution in [2.24, 2.45) is 0 Å². The van der Waals surface area contributed by atoms with Crippen molar-refractivity contribution in [3.63, 3.8) is 0 Å². The fourth-order valence-electron chi connectivity index (χ4n) is 3.27. The van der Waals surface area contributed by atoms with Gasteiger partial charge in [-0.3, -0.25) is 9.59 Å². The van der Waals surface area contributed by atoms with Gasteiger partial charge in [0.05, 0.1) is 5.75 Å². The third kappa shape index (κ3) is 7.48. The summed E-state index contributed by atoms with van der Waals surface area (Å²) in [6.45, 7) is 9.88. The number of nitrogens with zero attached hydrogens (tertiary/aromatic N) is 1. The van der Waals surface area contributed by atoms with E-state index < -0.39 is 6.04 Å². The van der Waals surface area contributed by atoms with E-state index in [-0.39, 0.29) is 36.0 Å². The maximum atomic E-state index is 13.2. The van der Waals surface area contributed by atoms with Crippen LogP contribution in [-0.4, -0.2) is 34.6 Å². The van der Waals surface area contributed by atoms with Crippen molar-refractivity contribution in [3.8, 4) is 0 Å². The lowest BCUT2D eigenvalue weighted by Crippen LogP contribution is -2.49. The molecule has 0 fully saturated rings. The van der Waals surface area contributed by atoms with Gasteiger partial charge in [-0.1, -0.05) is 41.5 Å². The Bertz CT molecular complexity index is 848. The molecule has 0 saturated carbocycles. The van der Waals surface area contributed by atoms with Crippen molar-refractivity contribution < 1.29 is 14.0 Å². The number of carbonyl (C=O) groups excluding carboxylic acids is 2. The zero-order chi connectivity index (χ0) is 22.3. The lowest BCUT2D eigenvalue weighted by molar-refractivity contribution is -0.138. The van der Waals surface area contributed by atoms with Gasteiger partial charge in [0, 0.05) is 18.3 Å². The molecule has 2 rings (SSSR count). The van der Waals surface area contributed by atoms with Crippen molar-refractivity contribution in [1.29, 1.82) is 0 Å². The van der Waals surface area contributed by atoms with Gasteiger partial charge in [0.25, 0.3) is 0 Å². The molecule has 6 heteroatoms. The van der Waals surface area contributed by atoms with Crippen molar-refractivity contribution in [2.45, 2.75) is 59.0 Å². The van der Waals surface area contributed by atoms with Crippen LogP contribution in [0.15, 0.2) is 42.5 Å². The summed E-state index contributed by atoms with van der Waals surface area (Å²) in [4.78, 5) is 27.1. The van der Waals surface area contributed by atoms with Gasteiger partial charge in [0.1, 0.15) is 11.9 Å². The molecule has 2 aromatic carbocycles. The van der Waals surface area contributed by atoms with Gasteiger partial charge in [-0.15, -0.1) is 11.8 Å². The van der Waals surface area contributed by atoms with E-state index in [2.05, 4.69) is 37.4 Å². The summed E-state index contributed by atoms with van der Waals surface area (Å²) in [6.07, 6.45) is 0. The summed E-state index contributed by atoms with van der Waals surface area (Å²) in [5, 5.41) is 2.87. The first-order valence-electron chi connectivity index (χ1n) is 10.1. The SMILES string of the molecule is Cc1cc(C)cc(CSCC(=O)N(Cc2ccc(F)cc2)C(C)C(=O)NC(C)C)c1. The molecule has 0 radical (unpaired) electrons. The fraction of sp³-hybridized carbons (Fsp3) is 0.417. The monoisotopic (exact) mass is 430 g/mol. The summed E-state index contributed by atoms with van der Waals surface area (Å²) in [6, 6.07) is 11.8. The molecule has 0 bridgehead atoms. The van der Waals surface area contributed by atoms with Crippen LogP contribution in [0, 0.1) is 19.7 Å². The normalized spacial score (nSPS) is 12.0. The third-order valence-corrected chi connectivity index (χ3v) is 5.63. The van der Waals surface area contributed by atoms with Crippen molar-refractivity contribution >= 4 is 23.6 Å². The number of carbonyl (C=O) groups is 2. The molecule has 162 valence electrons. The van der Waals surface area contributed by atoms with Gasteiger partial charge >= 0.3 is 0 Å². The Kier molecular flexibility index (Phi) is 8.90. The summed E-state index contributed by atoms with van der Waals surface area (Å²) in [5.74, 6) is 0.365. The number of aryl methyl sites for hydroxylation is 2. The highest BCUT2D eigenvalue weighted by molar-refractivity contribution is 7.99.